The summed E-state index contributed by atoms with van der Waals surface area (Å²) in [6.07, 6.45) is 9.53. The lowest BCUT2D eigenvalue weighted by molar-refractivity contribution is -0.147. The average Bonchev–Trinajstić information content (AvgIpc) is 3.07. The predicted molar refractivity (Wildman–Crippen MR) is 142 cm³/mol. The number of ether oxygens (including phenoxy) is 2. The van der Waals surface area contributed by atoms with Gasteiger partial charge in [0.2, 0.25) is 0 Å². The highest BCUT2D eigenvalue weighted by Gasteiger charge is 2.42. The number of benzene rings is 1. The summed E-state index contributed by atoms with van der Waals surface area (Å²) in [5.41, 5.74) is 0.770. The molecule has 1 N–H and O–H groups in total. The summed E-state index contributed by atoms with van der Waals surface area (Å²) in [5, 5.41) is 9.70. The van der Waals surface area contributed by atoms with Crippen LogP contribution in [0.5, 0.6) is 11.5 Å². The summed E-state index contributed by atoms with van der Waals surface area (Å²) in [6, 6.07) is 4.60. The summed E-state index contributed by atoms with van der Waals surface area (Å²) >= 11 is 6.51. The summed E-state index contributed by atoms with van der Waals surface area (Å²) < 4.78 is 12.0. The van der Waals surface area contributed by atoms with Crippen molar-refractivity contribution in [1.82, 2.24) is 4.90 Å². The summed E-state index contributed by atoms with van der Waals surface area (Å²) in [4.78, 5) is 26.6. The molecule has 6 nitrogen and oxygen atoms in total. The number of carboxylic acid groups (broad SMARTS) is 1. The number of aliphatic carboxylic acids is 1. The lowest BCUT2D eigenvalue weighted by atomic mass is 9.98. The van der Waals surface area contributed by atoms with Crippen molar-refractivity contribution in [3.8, 4) is 11.5 Å². The first-order valence-electron chi connectivity index (χ1n) is 12.2. The first kappa shape index (κ1) is 28.2. The molecule has 8 heteroatoms. The van der Waals surface area contributed by atoms with Crippen LogP contribution in [0.3, 0.4) is 0 Å². The molecule has 1 heterocycles. The minimum Gasteiger partial charge on any atom is -0.490 e. The average molecular weight is 508 g/mol. The normalized spacial score (nSPS) is 16.7. The van der Waals surface area contributed by atoms with Crippen LogP contribution in [-0.2, 0) is 9.59 Å². The zero-order chi connectivity index (χ0) is 25.1. The van der Waals surface area contributed by atoms with Gasteiger partial charge in [0, 0.05) is 0 Å². The minimum atomic E-state index is -1.04. The lowest BCUT2D eigenvalue weighted by Gasteiger charge is -2.27. The molecule has 0 aliphatic carbocycles. The molecule has 0 saturated carbocycles. The van der Waals surface area contributed by atoms with E-state index in [1.165, 1.54) is 30.6 Å². The van der Waals surface area contributed by atoms with Crippen LogP contribution in [0.15, 0.2) is 23.1 Å². The third-order valence-corrected chi connectivity index (χ3v) is 7.19. The maximum absolute atomic E-state index is 13.1. The van der Waals surface area contributed by atoms with Gasteiger partial charge >= 0.3 is 5.97 Å². The molecule has 34 heavy (non-hydrogen) atoms. The predicted octanol–water partition coefficient (Wildman–Crippen LogP) is 6.53. The zero-order valence-corrected chi connectivity index (χ0v) is 22.3. The second kappa shape index (κ2) is 14.4. The van der Waals surface area contributed by atoms with E-state index in [0.717, 1.165) is 30.2 Å². The second-order valence-electron chi connectivity index (χ2n) is 8.48. The molecular formula is C26H37NO5S2. The number of carbonyl (C=O) groups is 2. The molecular weight excluding hydrogens is 470 g/mol. The molecule has 1 aromatic carbocycles. The van der Waals surface area contributed by atoms with E-state index in [9.17, 15) is 14.7 Å². The van der Waals surface area contributed by atoms with Gasteiger partial charge in [0.1, 0.15) is 10.4 Å². The molecule has 0 radical (unpaired) electrons. The summed E-state index contributed by atoms with van der Waals surface area (Å²) in [7, 11) is 0. The molecule has 0 unspecified atom stereocenters. The molecule has 188 valence electrons. The molecule has 0 spiro atoms. The van der Waals surface area contributed by atoms with Crippen LogP contribution in [-0.4, -0.2) is 45.5 Å². The van der Waals surface area contributed by atoms with E-state index in [0.29, 0.717) is 36.0 Å². The van der Waals surface area contributed by atoms with Gasteiger partial charge in [0.25, 0.3) is 5.91 Å². The SMILES string of the molecule is CCCCCCCCOc1ccc(/C=C2/SC(=S)N([C@@H](C(=O)O)[C@@H](C)CC)C2=O)cc1OCC. The molecule has 1 aliphatic heterocycles. The van der Waals surface area contributed by atoms with Gasteiger partial charge in [-0.25, -0.2) is 4.79 Å². The van der Waals surface area contributed by atoms with Gasteiger partial charge in [-0.15, -0.1) is 0 Å². The monoisotopic (exact) mass is 507 g/mol. The number of thiocarbonyl (C=S) groups is 1. The smallest absolute Gasteiger partial charge is 0.327 e. The number of hydrogen-bond donors (Lipinski definition) is 1. The maximum Gasteiger partial charge on any atom is 0.327 e. The number of carboxylic acids is 1. The van der Waals surface area contributed by atoms with Crippen LogP contribution in [0.4, 0.5) is 0 Å². The van der Waals surface area contributed by atoms with Crippen molar-refractivity contribution >= 4 is 46.3 Å². The van der Waals surface area contributed by atoms with E-state index in [-0.39, 0.29) is 16.1 Å². The molecule has 1 aliphatic rings. The van der Waals surface area contributed by atoms with Crippen LogP contribution in [0.2, 0.25) is 0 Å². The van der Waals surface area contributed by atoms with E-state index in [1.54, 1.807) is 6.08 Å². The lowest BCUT2D eigenvalue weighted by Crippen LogP contribution is -2.47. The van der Waals surface area contributed by atoms with Gasteiger partial charge in [0.15, 0.2) is 11.5 Å². The van der Waals surface area contributed by atoms with E-state index < -0.39 is 12.0 Å². The van der Waals surface area contributed by atoms with Crippen LogP contribution >= 0.6 is 24.0 Å². The maximum atomic E-state index is 13.1. The fraction of sp³-hybridized carbons (Fsp3) is 0.577. The zero-order valence-electron chi connectivity index (χ0n) is 20.7. The number of unbranched alkanes of at least 4 members (excludes halogenated alkanes) is 5. The number of rotatable bonds is 15. The van der Waals surface area contributed by atoms with E-state index in [4.69, 9.17) is 21.7 Å². The van der Waals surface area contributed by atoms with Crippen molar-refractivity contribution in [2.75, 3.05) is 13.2 Å². The van der Waals surface area contributed by atoms with Crippen molar-refractivity contribution in [1.29, 1.82) is 0 Å². The van der Waals surface area contributed by atoms with E-state index in [2.05, 4.69) is 6.92 Å². The van der Waals surface area contributed by atoms with Gasteiger partial charge < -0.3 is 14.6 Å². The Hall–Kier alpha value is -2.06. The first-order chi connectivity index (χ1) is 16.3. The van der Waals surface area contributed by atoms with Crippen molar-refractivity contribution in [2.24, 2.45) is 5.92 Å². The van der Waals surface area contributed by atoms with Crippen molar-refractivity contribution < 1.29 is 24.2 Å². The summed E-state index contributed by atoms with van der Waals surface area (Å²) in [6.45, 7) is 8.97. The van der Waals surface area contributed by atoms with Gasteiger partial charge in [-0.2, -0.15) is 0 Å². The Morgan fingerprint density at radius 1 is 1.12 bits per heavy atom. The van der Waals surface area contributed by atoms with Crippen LogP contribution in [0.1, 0.15) is 78.2 Å². The molecule has 0 bridgehead atoms. The fourth-order valence-electron chi connectivity index (χ4n) is 3.77. The van der Waals surface area contributed by atoms with Gasteiger partial charge in [-0.05, 0) is 43.0 Å². The van der Waals surface area contributed by atoms with Crippen LogP contribution < -0.4 is 9.47 Å². The first-order valence-corrected chi connectivity index (χ1v) is 13.5. The van der Waals surface area contributed by atoms with Gasteiger partial charge in [0.05, 0.1) is 18.1 Å². The third-order valence-electron chi connectivity index (χ3n) is 5.86. The third kappa shape index (κ3) is 7.73. The van der Waals surface area contributed by atoms with Crippen molar-refractivity contribution in [2.45, 2.75) is 78.7 Å². The van der Waals surface area contributed by atoms with Gasteiger partial charge in [-0.3, -0.25) is 9.69 Å². The molecule has 2 rings (SSSR count). The van der Waals surface area contributed by atoms with Gasteiger partial charge in [-0.1, -0.05) is 89.3 Å². The molecule has 1 aromatic rings. The van der Waals surface area contributed by atoms with E-state index in [1.807, 2.05) is 39.0 Å². The molecule has 1 saturated heterocycles. The minimum absolute atomic E-state index is 0.216. The van der Waals surface area contributed by atoms with Crippen molar-refractivity contribution in [3.63, 3.8) is 0 Å². The number of hydrogen-bond acceptors (Lipinski definition) is 6. The Balaban J connectivity index is 2.12. The standard InChI is InChI=1S/C26H37NO5S2/c1-5-8-9-10-11-12-15-32-20-14-13-19(16-21(20)31-7-3)17-22-24(28)27(26(33)34-22)23(25(29)30)18(4)6-2/h13-14,16-18,23H,5-12,15H2,1-4H3,(H,29,30)/b22-17+/t18-,23+/m0/s1. The Kier molecular flexibility index (Phi) is 11.9. The Morgan fingerprint density at radius 2 is 1.82 bits per heavy atom. The van der Waals surface area contributed by atoms with Crippen molar-refractivity contribution in [3.05, 3.63) is 28.7 Å². The molecule has 1 fully saturated rings. The topological polar surface area (TPSA) is 76.1 Å². The Labute approximate surface area is 213 Å². The van der Waals surface area contributed by atoms with Crippen LogP contribution in [0.25, 0.3) is 6.08 Å². The number of thioether (sulfide) groups is 1. The number of carbonyl (C=O) groups excluding carboxylic acids is 1. The highest BCUT2D eigenvalue weighted by Crippen LogP contribution is 2.37. The fourth-order valence-corrected chi connectivity index (χ4v) is 5.10. The molecule has 1 amide bonds. The Bertz CT molecular complexity index is 886. The number of nitrogens with zero attached hydrogens (tertiary/aromatic N) is 1. The van der Waals surface area contributed by atoms with E-state index >= 15 is 0 Å². The molecule has 0 aromatic heterocycles. The van der Waals surface area contributed by atoms with Crippen LogP contribution in [0, 0.1) is 5.92 Å². The summed E-state index contributed by atoms with van der Waals surface area (Å²) in [5.74, 6) is -0.322. The molecule has 2 atom stereocenters. The Morgan fingerprint density at radius 3 is 2.47 bits per heavy atom. The largest absolute Gasteiger partial charge is 0.490 e. The highest BCUT2D eigenvalue weighted by molar-refractivity contribution is 8.26. The number of amides is 1. The quantitative estimate of drug-likeness (QED) is 0.164. The second-order valence-corrected chi connectivity index (χ2v) is 10.2. The highest BCUT2D eigenvalue weighted by atomic mass is 32.2.